The van der Waals surface area contributed by atoms with Crippen molar-refractivity contribution >= 4 is 0 Å². The van der Waals surface area contributed by atoms with Gasteiger partial charge < -0.3 is 14.2 Å². The molecule has 0 N–H and O–H groups in total. The summed E-state index contributed by atoms with van der Waals surface area (Å²) in [7, 11) is 1.63. The van der Waals surface area contributed by atoms with Crippen molar-refractivity contribution in [1.29, 1.82) is 0 Å². The number of hydrogen-bond acceptors (Lipinski definition) is 3. The molecule has 0 amide bonds. The van der Waals surface area contributed by atoms with Crippen LogP contribution in [0.25, 0.3) is 0 Å². The van der Waals surface area contributed by atoms with Crippen molar-refractivity contribution in [3.63, 3.8) is 0 Å². The Morgan fingerprint density at radius 2 is 1.33 bits per heavy atom. The van der Waals surface area contributed by atoms with Gasteiger partial charge in [0, 0.05) is 0 Å². The van der Waals surface area contributed by atoms with Gasteiger partial charge in [0.25, 0.3) is 0 Å². The number of ether oxygens (including phenoxy) is 3. The highest BCUT2D eigenvalue weighted by molar-refractivity contribution is 5.39. The number of para-hydroxylation sites is 3. The maximum atomic E-state index is 5.60. The number of hydrogen-bond donors (Lipinski definition) is 0. The second kappa shape index (κ2) is 6.55. The SMILES string of the molecule is COc1ccccc1OCCOc1ccccc1. The summed E-state index contributed by atoms with van der Waals surface area (Å²) in [5.74, 6) is 2.31. The van der Waals surface area contributed by atoms with Gasteiger partial charge in [-0.1, -0.05) is 30.3 Å². The van der Waals surface area contributed by atoms with Crippen LogP contribution < -0.4 is 14.2 Å². The molecule has 0 atom stereocenters. The molecular formula is C15H16O3. The molecule has 0 fully saturated rings. The lowest BCUT2D eigenvalue weighted by atomic mass is 10.3. The van der Waals surface area contributed by atoms with Crippen molar-refractivity contribution < 1.29 is 14.2 Å². The fourth-order valence-corrected chi connectivity index (χ4v) is 1.57. The third-order valence-electron chi connectivity index (χ3n) is 2.42. The predicted octanol–water partition coefficient (Wildman–Crippen LogP) is 3.15. The van der Waals surface area contributed by atoms with Gasteiger partial charge in [-0.05, 0) is 24.3 Å². The molecule has 0 radical (unpaired) electrons. The van der Waals surface area contributed by atoms with E-state index in [1.165, 1.54) is 0 Å². The van der Waals surface area contributed by atoms with Crippen LogP contribution in [-0.2, 0) is 0 Å². The Balaban J connectivity index is 1.78. The highest BCUT2D eigenvalue weighted by atomic mass is 16.5. The van der Waals surface area contributed by atoms with Gasteiger partial charge in [0.1, 0.15) is 19.0 Å². The van der Waals surface area contributed by atoms with E-state index < -0.39 is 0 Å². The van der Waals surface area contributed by atoms with Crippen molar-refractivity contribution in [2.24, 2.45) is 0 Å². The standard InChI is InChI=1S/C15H16O3/c1-16-14-9-5-6-10-15(14)18-12-11-17-13-7-3-2-4-8-13/h2-10H,11-12H2,1H3. The maximum absolute atomic E-state index is 5.60. The van der Waals surface area contributed by atoms with E-state index in [1.807, 2.05) is 54.6 Å². The molecule has 3 nitrogen and oxygen atoms in total. The molecule has 3 heteroatoms. The van der Waals surface area contributed by atoms with E-state index in [9.17, 15) is 0 Å². The van der Waals surface area contributed by atoms with Crippen LogP contribution in [-0.4, -0.2) is 20.3 Å². The van der Waals surface area contributed by atoms with Crippen LogP contribution in [0.3, 0.4) is 0 Å². The number of benzene rings is 2. The fourth-order valence-electron chi connectivity index (χ4n) is 1.57. The Bertz CT molecular complexity index is 468. The van der Waals surface area contributed by atoms with E-state index in [-0.39, 0.29) is 0 Å². The molecule has 2 aromatic carbocycles. The molecule has 0 bridgehead atoms. The maximum Gasteiger partial charge on any atom is 0.161 e. The summed E-state index contributed by atoms with van der Waals surface area (Å²) in [5, 5.41) is 0. The minimum absolute atomic E-state index is 0.481. The summed E-state index contributed by atoms with van der Waals surface area (Å²) < 4.78 is 16.3. The molecule has 18 heavy (non-hydrogen) atoms. The van der Waals surface area contributed by atoms with Crippen molar-refractivity contribution in [3.05, 3.63) is 54.6 Å². The van der Waals surface area contributed by atoms with Crippen molar-refractivity contribution in [2.75, 3.05) is 20.3 Å². The molecule has 0 unspecified atom stereocenters. The lowest BCUT2D eigenvalue weighted by Crippen LogP contribution is -2.09. The summed E-state index contributed by atoms with van der Waals surface area (Å²) in [6, 6.07) is 17.2. The van der Waals surface area contributed by atoms with E-state index in [2.05, 4.69) is 0 Å². The third kappa shape index (κ3) is 3.42. The first kappa shape index (κ1) is 12.3. The molecule has 0 saturated carbocycles. The lowest BCUT2D eigenvalue weighted by Gasteiger charge is -2.10. The van der Waals surface area contributed by atoms with E-state index in [0.717, 1.165) is 17.2 Å². The molecule has 2 aromatic rings. The number of methoxy groups -OCH3 is 1. The molecule has 0 aliphatic carbocycles. The monoisotopic (exact) mass is 244 g/mol. The summed E-state index contributed by atoms with van der Waals surface area (Å²) in [6.07, 6.45) is 0. The molecular weight excluding hydrogens is 228 g/mol. The fraction of sp³-hybridized carbons (Fsp3) is 0.200. The Morgan fingerprint density at radius 1 is 0.722 bits per heavy atom. The summed E-state index contributed by atoms with van der Waals surface area (Å²) in [5.41, 5.74) is 0. The van der Waals surface area contributed by atoms with E-state index >= 15 is 0 Å². The first-order chi connectivity index (χ1) is 8.90. The van der Waals surface area contributed by atoms with Crippen LogP contribution in [0, 0.1) is 0 Å². The summed E-state index contributed by atoms with van der Waals surface area (Å²) in [6.45, 7) is 0.983. The smallest absolute Gasteiger partial charge is 0.161 e. The van der Waals surface area contributed by atoms with E-state index in [4.69, 9.17) is 14.2 Å². The second-order valence-corrected chi connectivity index (χ2v) is 3.66. The van der Waals surface area contributed by atoms with Gasteiger partial charge >= 0.3 is 0 Å². The van der Waals surface area contributed by atoms with Gasteiger partial charge in [0.2, 0.25) is 0 Å². The molecule has 0 heterocycles. The van der Waals surface area contributed by atoms with Gasteiger partial charge in [-0.25, -0.2) is 0 Å². The highest BCUT2D eigenvalue weighted by Crippen LogP contribution is 2.25. The van der Waals surface area contributed by atoms with Gasteiger partial charge in [-0.3, -0.25) is 0 Å². The Kier molecular flexibility index (Phi) is 4.47. The minimum atomic E-state index is 0.481. The zero-order valence-corrected chi connectivity index (χ0v) is 10.3. The Morgan fingerprint density at radius 3 is 2.06 bits per heavy atom. The van der Waals surface area contributed by atoms with Crippen LogP contribution in [0.2, 0.25) is 0 Å². The van der Waals surface area contributed by atoms with Gasteiger partial charge in [-0.15, -0.1) is 0 Å². The van der Waals surface area contributed by atoms with Crippen LogP contribution in [0.5, 0.6) is 17.2 Å². The highest BCUT2D eigenvalue weighted by Gasteiger charge is 2.01. The quantitative estimate of drug-likeness (QED) is 0.730. The van der Waals surface area contributed by atoms with Gasteiger partial charge in [-0.2, -0.15) is 0 Å². The average molecular weight is 244 g/mol. The predicted molar refractivity (Wildman–Crippen MR) is 70.4 cm³/mol. The third-order valence-corrected chi connectivity index (χ3v) is 2.42. The van der Waals surface area contributed by atoms with E-state index in [1.54, 1.807) is 7.11 Å². The first-order valence-corrected chi connectivity index (χ1v) is 5.84. The molecule has 2 rings (SSSR count). The van der Waals surface area contributed by atoms with Gasteiger partial charge in [0.15, 0.2) is 11.5 Å². The normalized spacial score (nSPS) is 9.83. The topological polar surface area (TPSA) is 27.7 Å². The largest absolute Gasteiger partial charge is 0.493 e. The molecule has 0 aromatic heterocycles. The average Bonchev–Trinajstić information content (AvgIpc) is 2.45. The van der Waals surface area contributed by atoms with Crippen molar-refractivity contribution in [2.45, 2.75) is 0 Å². The van der Waals surface area contributed by atoms with Crippen molar-refractivity contribution in [3.8, 4) is 17.2 Å². The van der Waals surface area contributed by atoms with E-state index in [0.29, 0.717) is 13.2 Å². The first-order valence-electron chi connectivity index (χ1n) is 5.84. The Hall–Kier alpha value is -2.16. The van der Waals surface area contributed by atoms with Crippen LogP contribution in [0.4, 0.5) is 0 Å². The van der Waals surface area contributed by atoms with Crippen LogP contribution in [0.1, 0.15) is 0 Å². The molecule has 94 valence electrons. The van der Waals surface area contributed by atoms with Gasteiger partial charge in [0.05, 0.1) is 7.11 Å². The lowest BCUT2D eigenvalue weighted by molar-refractivity contribution is 0.211. The van der Waals surface area contributed by atoms with Crippen LogP contribution in [0.15, 0.2) is 54.6 Å². The zero-order chi connectivity index (χ0) is 12.6. The number of rotatable bonds is 6. The molecule has 0 spiro atoms. The zero-order valence-electron chi connectivity index (χ0n) is 10.3. The summed E-state index contributed by atoms with van der Waals surface area (Å²) >= 11 is 0. The molecule has 0 aliphatic heterocycles. The summed E-state index contributed by atoms with van der Waals surface area (Å²) in [4.78, 5) is 0. The molecule has 0 aliphatic rings. The van der Waals surface area contributed by atoms with Crippen LogP contribution >= 0.6 is 0 Å². The van der Waals surface area contributed by atoms with Crippen molar-refractivity contribution in [1.82, 2.24) is 0 Å². The second-order valence-electron chi connectivity index (χ2n) is 3.66. The Labute approximate surface area is 107 Å². The molecule has 0 saturated heterocycles. The minimum Gasteiger partial charge on any atom is -0.493 e.